The van der Waals surface area contributed by atoms with E-state index in [0.717, 1.165) is 78.8 Å². The lowest BCUT2D eigenvalue weighted by atomic mass is 10.0. The summed E-state index contributed by atoms with van der Waals surface area (Å²) in [5, 5.41) is 37.2. The Morgan fingerprint density at radius 2 is 1.90 bits per heavy atom. The fraction of sp³-hybridized carbons (Fsp3) is 0.516. The molecule has 1 aliphatic rings. The second-order valence-corrected chi connectivity index (χ2v) is 11.3. The molecule has 1 aliphatic heterocycles. The Bertz CT molecular complexity index is 1170. The second kappa shape index (κ2) is 17.4. The van der Waals surface area contributed by atoms with Crippen molar-refractivity contribution < 1.29 is 24.8 Å². The third kappa shape index (κ3) is 10.6. The van der Waals surface area contributed by atoms with Crippen molar-refractivity contribution in [1.82, 2.24) is 14.9 Å². The molecule has 4 rings (SSSR count). The summed E-state index contributed by atoms with van der Waals surface area (Å²) in [5.74, 6) is 1.27. The first-order valence-electron chi connectivity index (χ1n) is 14.6. The number of aryl methyl sites for hydroxylation is 1. The van der Waals surface area contributed by atoms with Crippen molar-refractivity contribution in [3.8, 4) is 5.75 Å². The number of rotatable bonds is 20. The molecule has 0 amide bonds. The van der Waals surface area contributed by atoms with Crippen LogP contribution in [0, 0.1) is 0 Å². The van der Waals surface area contributed by atoms with E-state index in [-0.39, 0.29) is 12.4 Å². The fourth-order valence-electron chi connectivity index (χ4n) is 4.72. The molecule has 0 aliphatic carbocycles. The molecule has 3 aromatic rings. The van der Waals surface area contributed by atoms with Crippen LogP contribution in [0.4, 0.5) is 5.69 Å². The average molecular weight is 585 g/mol. The molecule has 5 N–H and O–H groups in total. The molecule has 2 heterocycles. The lowest BCUT2D eigenvalue weighted by Crippen LogP contribution is -2.22. The summed E-state index contributed by atoms with van der Waals surface area (Å²) in [6, 6.07) is 13.4. The maximum absolute atomic E-state index is 10.4. The Balaban J connectivity index is 0.962. The highest BCUT2D eigenvalue weighted by Gasteiger charge is 2.14. The largest absolute Gasteiger partial charge is 0.508 e. The van der Waals surface area contributed by atoms with Crippen LogP contribution >= 0.6 is 11.8 Å². The number of hydrogen-bond acceptors (Lipinski definition) is 9. The number of aromatic hydroxyl groups is 1. The van der Waals surface area contributed by atoms with E-state index in [2.05, 4.69) is 44.6 Å². The summed E-state index contributed by atoms with van der Waals surface area (Å²) >= 11 is 1.81. The molecule has 2 aromatic carbocycles. The number of aliphatic hydroxyl groups excluding tert-OH is 2. The minimum absolute atomic E-state index is 0.0351. The first kappa shape index (κ1) is 31.3. The number of aromatic nitrogens is 2. The van der Waals surface area contributed by atoms with E-state index in [0.29, 0.717) is 44.9 Å². The van der Waals surface area contributed by atoms with Gasteiger partial charge in [-0.25, -0.2) is 4.98 Å². The Kier molecular flexibility index (Phi) is 13.3. The smallest absolute Gasteiger partial charge is 0.168 e. The zero-order valence-corrected chi connectivity index (χ0v) is 24.6. The van der Waals surface area contributed by atoms with Crippen molar-refractivity contribution in [1.29, 1.82) is 0 Å². The number of unbranched alkanes of at least 4 members (excludes halogenated alkanes) is 3. The van der Waals surface area contributed by atoms with Crippen molar-refractivity contribution in [3.05, 3.63) is 71.0 Å². The SMILES string of the molecule is OCCc1cc([C@@H](O)CNCCCCCCOCCOCc2cccc(NCc3cn4c(n3)SCC4)c2)ccc1O. The summed E-state index contributed by atoms with van der Waals surface area (Å²) in [6.07, 6.45) is 6.14. The van der Waals surface area contributed by atoms with Crippen LogP contribution in [0.25, 0.3) is 0 Å². The molecule has 0 radical (unpaired) electrons. The van der Waals surface area contributed by atoms with E-state index in [1.165, 1.54) is 0 Å². The fourth-order valence-corrected chi connectivity index (χ4v) is 5.68. The predicted octanol–water partition coefficient (Wildman–Crippen LogP) is 4.26. The molecule has 9 nitrogen and oxygen atoms in total. The number of phenols is 1. The molecule has 0 unspecified atom stereocenters. The highest BCUT2D eigenvalue weighted by atomic mass is 32.2. The van der Waals surface area contributed by atoms with E-state index in [4.69, 9.17) is 14.6 Å². The highest BCUT2D eigenvalue weighted by Crippen LogP contribution is 2.25. The maximum atomic E-state index is 10.4. The molecule has 0 saturated carbocycles. The second-order valence-electron chi connectivity index (χ2n) is 10.3. The van der Waals surface area contributed by atoms with Gasteiger partial charge in [0.25, 0.3) is 0 Å². The Morgan fingerprint density at radius 3 is 2.78 bits per heavy atom. The van der Waals surface area contributed by atoms with Crippen molar-refractivity contribution in [2.45, 2.75) is 63.1 Å². The number of thioether (sulfide) groups is 1. The Morgan fingerprint density at radius 1 is 1.02 bits per heavy atom. The van der Waals surface area contributed by atoms with Gasteiger partial charge in [0.2, 0.25) is 0 Å². The number of nitrogens with one attached hydrogen (secondary N) is 2. The van der Waals surface area contributed by atoms with Crippen molar-refractivity contribution >= 4 is 17.4 Å². The van der Waals surface area contributed by atoms with Crippen LogP contribution in [-0.4, -0.2) is 70.1 Å². The van der Waals surface area contributed by atoms with Crippen LogP contribution in [0.1, 0.15) is 54.2 Å². The summed E-state index contributed by atoms with van der Waals surface area (Å²) < 4.78 is 13.7. The van der Waals surface area contributed by atoms with Gasteiger partial charge in [0, 0.05) is 43.9 Å². The van der Waals surface area contributed by atoms with Crippen LogP contribution in [0.15, 0.2) is 53.8 Å². The maximum Gasteiger partial charge on any atom is 0.168 e. The molecule has 0 fully saturated rings. The van der Waals surface area contributed by atoms with Gasteiger partial charge in [-0.05, 0) is 66.8 Å². The summed E-state index contributed by atoms with van der Waals surface area (Å²) in [5.41, 5.74) is 4.67. The number of nitrogens with zero attached hydrogens (tertiary/aromatic N) is 2. The first-order chi connectivity index (χ1) is 20.1. The predicted molar refractivity (Wildman–Crippen MR) is 162 cm³/mol. The lowest BCUT2D eigenvalue weighted by Gasteiger charge is -2.14. The van der Waals surface area contributed by atoms with E-state index in [1.54, 1.807) is 18.2 Å². The van der Waals surface area contributed by atoms with Gasteiger partial charge in [-0.1, -0.05) is 42.8 Å². The Hall–Kier alpha value is -2.60. The summed E-state index contributed by atoms with van der Waals surface area (Å²) in [4.78, 5) is 4.67. The molecular weight excluding hydrogens is 540 g/mol. The number of ether oxygens (including phenoxy) is 2. The molecular formula is C31H44N4O5S. The average Bonchev–Trinajstić information content (AvgIpc) is 3.58. The monoisotopic (exact) mass is 584 g/mol. The van der Waals surface area contributed by atoms with Crippen LogP contribution in [0.2, 0.25) is 0 Å². The number of anilines is 1. The van der Waals surface area contributed by atoms with Gasteiger partial charge in [0.15, 0.2) is 5.16 Å². The number of fused-ring (bicyclic) bond motifs is 1. The van der Waals surface area contributed by atoms with Gasteiger partial charge < -0.3 is 40.0 Å². The summed E-state index contributed by atoms with van der Waals surface area (Å²) in [7, 11) is 0. The minimum atomic E-state index is -0.642. The number of aliphatic hydroxyl groups is 2. The normalized spacial score (nSPS) is 13.4. The molecule has 0 bridgehead atoms. The number of phenolic OH excluding ortho intramolecular Hbond substituents is 1. The standard InChI is InChI=1S/C31H44N4O5S/c36-13-10-26-19-25(8-9-29(26)37)30(38)21-32-11-3-1-2-4-14-39-15-16-40-23-24-6-5-7-27(18-24)33-20-28-22-35-12-17-41-31(35)34-28/h5-9,18-19,22,30,32-33,36-38H,1-4,10-17,20-21,23H2/t30-/m0/s1. The highest BCUT2D eigenvalue weighted by molar-refractivity contribution is 7.99. The van der Waals surface area contributed by atoms with Crippen molar-refractivity contribution in [2.24, 2.45) is 0 Å². The third-order valence-corrected chi connectivity index (χ3v) is 7.96. The topological polar surface area (TPSA) is 121 Å². The van der Waals surface area contributed by atoms with E-state index >= 15 is 0 Å². The molecule has 0 saturated heterocycles. The zero-order chi connectivity index (χ0) is 28.7. The van der Waals surface area contributed by atoms with Gasteiger partial charge in [0.05, 0.1) is 38.2 Å². The van der Waals surface area contributed by atoms with E-state index in [1.807, 2.05) is 17.8 Å². The molecule has 224 valence electrons. The quantitative estimate of drug-likeness (QED) is 0.124. The molecule has 10 heteroatoms. The van der Waals surface area contributed by atoms with Crippen LogP contribution in [0.3, 0.4) is 0 Å². The van der Waals surface area contributed by atoms with Gasteiger partial charge in [-0.3, -0.25) is 0 Å². The van der Waals surface area contributed by atoms with Crippen LogP contribution < -0.4 is 10.6 Å². The third-order valence-electron chi connectivity index (χ3n) is 6.99. The van der Waals surface area contributed by atoms with Gasteiger partial charge in [-0.15, -0.1) is 0 Å². The van der Waals surface area contributed by atoms with Crippen LogP contribution in [-0.2, 0) is 35.6 Å². The van der Waals surface area contributed by atoms with E-state index < -0.39 is 6.10 Å². The van der Waals surface area contributed by atoms with Crippen molar-refractivity contribution in [2.75, 3.05) is 50.6 Å². The molecule has 0 spiro atoms. The summed E-state index contributed by atoms with van der Waals surface area (Å²) in [6.45, 7) is 5.50. The Labute approximate surface area is 247 Å². The first-order valence-corrected chi connectivity index (χ1v) is 15.6. The molecule has 1 atom stereocenters. The van der Waals surface area contributed by atoms with Gasteiger partial charge in [0.1, 0.15) is 5.75 Å². The zero-order valence-electron chi connectivity index (χ0n) is 23.8. The number of hydrogen-bond donors (Lipinski definition) is 5. The van der Waals surface area contributed by atoms with Gasteiger partial charge in [-0.2, -0.15) is 0 Å². The van der Waals surface area contributed by atoms with Crippen molar-refractivity contribution in [3.63, 3.8) is 0 Å². The lowest BCUT2D eigenvalue weighted by molar-refractivity contribution is 0.0393. The number of imidazole rings is 1. The van der Waals surface area contributed by atoms with Gasteiger partial charge >= 0.3 is 0 Å². The molecule has 1 aromatic heterocycles. The van der Waals surface area contributed by atoms with E-state index in [9.17, 15) is 10.2 Å². The minimum Gasteiger partial charge on any atom is -0.508 e. The molecule has 41 heavy (non-hydrogen) atoms. The number of benzene rings is 2. The van der Waals surface area contributed by atoms with Crippen LogP contribution in [0.5, 0.6) is 5.75 Å².